The van der Waals surface area contributed by atoms with Gasteiger partial charge in [-0.2, -0.15) is 0 Å². The molecule has 102 valence electrons. The number of halogens is 2. The summed E-state index contributed by atoms with van der Waals surface area (Å²) in [6, 6.07) is 5.34. The highest BCUT2D eigenvalue weighted by molar-refractivity contribution is 9.08. The van der Waals surface area contributed by atoms with Gasteiger partial charge < -0.3 is 4.90 Å². The van der Waals surface area contributed by atoms with Crippen LogP contribution in [-0.2, 0) is 5.33 Å². The van der Waals surface area contributed by atoms with Gasteiger partial charge >= 0.3 is 0 Å². The van der Waals surface area contributed by atoms with Crippen molar-refractivity contribution in [3.05, 3.63) is 29.6 Å². The van der Waals surface area contributed by atoms with Crippen molar-refractivity contribution < 1.29 is 4.39 Å². The topological polar surface area (TPSA) is 3.24 Å². The maximum absolute atomic E-state index is 14.1. The Labute approximate surface area is 119 Å². The molecule has 0 aliphatic carbocycles. The highest BCUT2D eigenvalue weighted by atomic mass is 79.9. The first-order chi connectivity index (χ1) is 8.74. The second kappa shape index (κ2) is 8.52. The molecule has 0 atom stereocenters. The van der Waals surface area contributed by atoms with Crippen LogP contribution >= 0.6 is 15.9 Å². The number of benzene rings is 1. The molecule has 0 unspecified atom stereocenters. The largest absolute Gasteiger partial charge is 0.369 e. The third-order valence-electron chi connectivity index (χ3n) is 3.09. The maximum Gasteiger partial charge on any atom is 0.146 e. The summed E-state index contributed by atoms with van der Waals surface area (Å²) in [6.45, 7) is 6.23. The van der Waals surface area contributed by atoms with Gasteiger partial charge in [0, 0.05) is 18.4 Å². The molecule has 0 spiro atoms. The summed E-state index contributed by atoms with van der Waals surface area (Å²) in [5.74, 6) is -0.0980. The van der Waals surface area contributed by atoms with Crippen molar-refractivity contribution in [2.24, 2.45) is 0 Å². The van der Waals surface area contributed by atoms with Gasteiger partial charge in [0.25, 0.3) is 0 Å². The average Bonchev–Trinajstić information content (AvgIpc) is 2.39. The van der Waals surface area contributed by atoms with E-state index in [2.05, 4.69) is 34.7 Å². The molecular weight excluding hydrogens is 293 g/mol. The van der Waals surface area contributed by atoms with Crippen LogP contribution in [0.25, 0.3) is 0 Å². The second-order valence-corrected chi connectivity index (χ2v) is 5.14. The summed E-state index contributed by atoms with van der Waals surface area (Å²) >= 11 is 3.45. The van der Waals surface area contributed by atoms with E-state index in [1.54, 1.807) is 12.1 Å². The fourth-order valence-electron chi connectivity index (χ4n) is 2.06. The fraction of sp³-hybridized carbons (Fsp3) is 0.600. The predicted molar refractivity (Wildman–Crippen MR) is 81.1 cm³/mol. The lowest BCUT2D eigenvalue weighted by atomic mass is 10.1. The molecule has 0 aliphatic heterocycles. The minimum absolute atomic E-state index is 0.0980. The number of hydrogen-bond acceptors (Lipinski definition) is 1. The molecule has 1 nitrogen and oxygen atoms in total. The van der Waals surface area contributed by atoms with E-state index in [1.807, 2.05) is 6.07 Å². The van der Waals surface area contributed by atoms with E-state index in [0.717, 1.165) is 50.0 Å². The van der Waals surface area contributed by atoms with Crippen molar-refractivity contribution in [1.29, 1.82) is 0 Å². The lowest BCUT2D eigenvalue weighted by Crippen LogP contribution is -2.27. The number of unbranched alkanes of at least 4 members (excludes halogenated alkanes) is 2. The molecule has 1 aromatic carbocycles. The van der Waals surface area contributed by atoms with E-state index in [0.29, 0.717) is 5.33 Å². The summed E-state index contributed by atoms with van der Waals surface area (Å²) < 4.78 is 14.1. The zero-order valence-electron chi connectivity index (χ0n) is 11.4. The van der Waals surface area contributed by atoms with Crippen LogP contribution in [0.1, 0.15) is 45.1 Å². The van der Waals surface area contributed by atoms with Crippen LogP contribution in [-0.4, -0.2) is 13.1 Å². The van der Waals surface area contributed by atoms with Crippen LogP contribution < -0.4 is 4.90 Å². The normalized spacial score (nSPS) is 10.7. The molecule has 0 saturated carbocycles. The smallest absolute Gasteiger partial charge is 0.146 e. The van der Waals surface area contributed by atoms with Gasteiger partial charge in [0.05, 0.1) is 5.69 Å². The predicted octanol–water partition coefficient (Wildman–Crippen LogP) is 5.13. The second-order valence-electron chi connectivity index (χ2n) is 4.58. The quantitative estimate of drug-likeness (QED) is 0.601. The zero-order chi connectivity index (χ0) is 13.4. The van der Waals surface area contributed by atoms with E-state index in [-0.39, 0.29) is 5.82 Å². The van der Waals surface area contributed by atoms with Gasteiger partial charge in [-0.25, -0.2) is 4.39 Å². The number of nitrogens with zero attached hydrogens (tertiary/aromatic N) is 1. The first-order valence-electron chi connectivity index (χ1n) is 6.82. The van der Waals surface area contributed by atoms with Gasteiger partial charge in [0.15, 0.2) is 0 Å². The first kappa shape index (κ1) is 15.5. The summed E-state index contributed by atoms with van der Waals surface area (Å²) in [4.78, 5) is 2.21. The molecule has 0 bridgehead atoms. The van der Waals surface area contributed by atoms with Crippen molar-refractivity contribution in [2.45, 2.75) is 44.9 Å². The van der Waals surface area contributed by atoms with Gasteiger partial charge in [0.1, 0.15) is 5.82 Å². The highest BCUT2D eigenvalue weighted by Gasteiger charge is 2.14. The number of para-hydroxylation sites is 1. The Morgan fingerprint density at radius 2 is 1.72 bits per heavy atom. The molecule has 0 aliphatic rings. The summed E-state index contributed by atoms with van der Waals surface area (Å²) in [5.41, 5.74) is 1.83. The number of anilines is 1. The molecule has 0 heterocycles. The highest BCUT2D eigenvalue weighted by Crippen LogP contribution is 2.27. The van der Waals surface area contributed by atoms with Gasteiger partial charge in [0.2, 0.25) is 0 Å². The van der Waals surface area contributed by atoms with Crippen molar-refractivity contribution in [3.63, 3.8) is 0 Å². The van der Waals surface area contributed by atoms with Crippen molar-refractivity contribution in [2.75, 3.05) is 18.0 Å². The Hall–Kier alpha value is -0.570. The van der Waals surface area contributed by atoms with Crippen molar-refractivity contribution in [3.8, 4) is 0 Å². The standard InChI is InChI=1S/C15H23BrFN/c1-3-5-10-18(11-6-4-2)15-13(12-16)8-7-9-14(15)17/h7-9H,3-6,10-12H2,1-2H3. The SMILES string of the molecule is CCCCN(CCCC)c1c(F)cccc1CBr. The van der Waals surface area contributed by atoms with Gasteiger partial charge in [-0.1, -0.05) is 54.8 Å². The maximum atomic E-state index is 14.1. The molecule has 0 radical (unpaired) electrons. The Morgan fingerprint density at radius 1 is 1.11 bits per heavy atom. The molecule has 0 aromatic heterocycles. The molecule has 0 amide bonds. The molecule has 0 N–H and O–H groups in total. The minimum atomic E-state index is -0.0980. The zero-order valence-corrected chi connectivity index (χ0v) is 13.0. The Balaban J connectivity index is 2.94. The van der Waals surface area contributed by atoms with Crippen molar-refractivity contribution >= 4 is 21.6 Å². The lowest BCUT2D eigenvalue weighted by Gasteiger charge is -2.27. The molecule has 1 aromatic rings. The Kier molecular flexibility index (Phi) is 7.33. The molecule has 0 saturated heterocycles. The molecule has 0 fully saturated rings. The van der Waals surface area contributed by atoms with E-state index in [4.69, 9.17) is 0 Å². The van der Waals surface area contributed by atoms with Crippen LogP contribution in [0.5, 0.6) is 0 Å². The van der Waals surface area contributed by atoms with Crippen LogP contribution in [0, 0.1) is 5.82 Å². The third kappa shape index (κ3) is 4.27. The fourth-order valence-corrected chi connectivity index (χ4v) is 2.51. The van der Waals surface area contributed by atoms with E-state index in [9.17, 15) is 4.39 Å². The molecule has 3 heteroatoms. The monoisotopic (exact) mass is 315 g/mol. The van der Waals surface area contributed by atoms with Crippen LogP contribution in [0.15, 0.2) is 18.2 Å². The van der Waals surface area contributed by atoms with Gasteiger partial charge in [-0.05, 0) is 24.5 Å². The number of rotatable bonds is 8. The van der Waals surface area contributed by atoms with E-state index < -0.39 is 0 Å². The molecule has 1 rings (SSSR count). The van der Waals surface area contributed by atoms with Crippen LogP contribution in [0.3, 0.4) is 0 Å². The number of hydrogen-bond donors (Lipinski definition) is 0. The lowest BCUT2D eigenvalue weighted by molar-refractivity contribution is 0.603. The van der Waals surface area contributed by atoms with Crippen molar-refractivity contribution in [1.82, 2.24) is 0 Å². The van der Waals surface area contributed by atoms with Gasteiger partial charge in [-0.3, -0.25) is 0 Å². The minimum Gasteiger partial charge on any atom is -0.369 e. The Morgan fingerprint density at radius 3 is 2.22 bits per heavy atom. The third-order valence-corrected chi connectivity index (χ3v) is 3.70. The summed E-state index contributed by atoms with van der Waals surface area (Å²) in [7, 11) is 0. The average molecular weight is 316 g/mol. The van der Waals surface area contributed by atoms with Gasteiger partial charge in [-0.15, -0.1) is 0 Å². The Bertz CT molecular complexity index is 346. The number of alkyl halides is 1. The molecule has 18 heavy (non-hydrogen) atoms. The van der Waals surface area contributed by atoms with Crippen LogP contribution in [0.2, 0.25) is 0 Å². The molecular formula is C15H23BrFN. The first-order valence-corrected chi connectivity index (χ1v) is 7.95. The summed E-state index contributed by atoms with van der Waals surface area (Å²) in [5, 5.41) is 0.703. The van der Waals surface area contributed by atoms with E-state index in [1.165, 1.54) is 0 Å². The summed E-state index contributed by atoms with van der Waals surface area (Å²) in [6.07, 6.45) is 4.50. The van der Waals surface area contributed by atoms with Crippen LogP contribution in [0.4, 0.5) is 10.1 Å². The van der Waals surface area contributed by atoms with E-state index >= 15 is 0 Å².